The lowest BCUT2D eigenvalue weighted by molar-refractivity contribution is 0.896. The second-order valence-corrected chi connectivity index (χ2v) is 10.5. The number of aromatic nitrogens is 1. The molecule has 0 spiro atoms. The summed E-state index contributed by atoms with van der Waals surface area (Å²) in [6, 6.07) is 55.6. The van der Waals surface area contributed by atoms with Gasteiger partial charge in [-0.1, -0.05) is 115 Å². The molecule has 0 aliphatic rings. The summed E-state index contributed by atoms with van der Waals surface area (Å²) in [5, 5.41) is 6.16. The average molecular weight is 542 g/mol. The fourth-order valence-electron chi connectivity index (χ4n) is 5.65. The molecule has 1 heterocycles. The van der Waals surface area contributed by atoms with Crippen molar-refractivity contribution in [1.29, 1.82) is 0 Å². The Balaban J connectivity index is 1.22. The van der Waals surface area contributed by atoms with Crippen LogP contribution in [-0.4, -0.2) is 10.4 Å². The third kappa shape index (κ3) is 5.21. The van der Waals surface area contributed by atoms with Crippen LogP contribution in [0.3, 0.4) is 0 Å². The number of para-hydroxylation sites is 2. The first-order valence-electron chi connectivity index (χ1n) is 14.4. The maximum atomic E-state index is 5.11. The molecule has 3 heteroatoms. The quantitative estimate of drug-likeness (QED) is 0.158. The molecule has 0 saturated heterocycles. The van der Waals surface area contributed by atoms with Crippen LogP contribution in [0, 0.1) is 0 Å². The summed E-state index contributed by atoms with van der Waals surface area (Å²) >= 11 is 0. The molecule has 0 saturated carbocycles. The van der Waals surface area contributed by atoms with Gasteiger partial charge in [0.05, 0.1) is 17.6 Å². The average Bonchev–Trinajstić information content (AvgIpc) is 3.40. The summed E-state index contributed by atoms with van der Waals surface area (Å²) in [4.78, 5) is 5.11. The number of aliphatic imine (C=N–C) groups is 1. The second kappa shape index (κ2) is 11.6. The van der Waals surface area contributed by atoms with E-state index in [1.165, 1.54) is 44.1 Å². The van der Waals surface area contributed by atoms with Gasteiger partial charge in [0.2, 0.25) is 0 Å². The number of nitrogens with zero attached hydrogens (tertiary/aromatic N) is 2. The van der Waals surface area contributed by atoms with Gasteiger partial charge in [0.1, 0.15) is 5.84 Å². The van der Waals surface area contributed by atoms with E-state index in [1.807, 2.05) is 6.07 Å². The van der Waals surface area contributed by atoms with E-state index in [9.17, 15) is 0 Å². The van der Waals surface area contributed by atoms with Crippen molar-refractivity contribution in [3.05, 3.63) is 174 Å². The Bertz CT molecular complexity index is 1930. The number of nitrogens with one attached hydrogen (secondary N) is 1. The van der Waals surface area contributed by atoms with Crippen LogP contribution in [0.1, 0.15) is 16.7 Å². The van der Waals surface area contributed by atoms with Crippen molar-refractivity contribution in [3.63, 3.8) is 0 Å². The molecule has 0 radical (unpaired) electrons. The fraction of sp³-hybridized carbons (Fsp3) is 0.0513. The van der Waals surface area contributed by atoms with Gasteiger partial charge in [0, 0.05) is 28.6 Å². The van der Waals surface area contributed by atoms with Gasteiger partial charge in [0.15, 0.2) is 0 Å². The van der Waals surface area contributed by atoms with Crippen LogP contribution in [0.25, 0.3) is 38.6 Å². The van der Waals surface area contributed by atoms with Gasteiger partial charge in [-0.05, 0) is 64.7 Å². The number of amidine groups is 1. The highest BCUT2D eigenvalue weighted by Crippen LogP contribution is 2.31. The SMILES string of the molecule is c1ccc(CN/C(=N\Cc2cccc(-c3ccccc3)c2)c2ccc(-n3c4ccccc4c4ccccc43)cc2)cc1. The lowest BCUT2D eigenvalue weighted by atomic mass is 10.0. The van der Waals surface area contributed by atoms with Gasteiger partial charge >= 0.3 is 0 Å². The molecule has 6 aromatic carbocycles. The van der Waals surface area contributed by atoms with E-state index >= 15 is 0 Å². The molecular formula is C39H31N3. The first-order valence-corrected chi connectivity index (χ1v) is 14.4. The number of benzene rings is 6. The Morgan fingerprint density at radius 2 is 1.10 bits per heavy atom. The Labute approximate surface area is 246 Å². The largest absolute Gasteiger partial charge is 0.366 e. The van der Waals surface area contributed by atoms with E-state index in [1.54, 1.807) is 0 Å². The number of rotatable bonds is 7. The maximum Gasteiger partial charge on any atom is 0.128 e. The molecule has 0 fully saturated rings. The van der Waals surface area contributed by atoms with Gasteiger partial charge in [-0.15, -0.1) is 0 Å². The Morgan fingerprint density at radius 1 is 0.524 bits per heavy atom. The topological polar surface area (TPSA) is 29.3 Å². The molecule has 1 N–H and O–H groups in total. The highest BCUT2D eigenvalue weighted by Gasteiger charge is 2.12. The van der Waals surface area contributed by atoms with Crippen molar-refractivity contribution in [2.24, 2.45) is 4.99 Å². The second-order valence-electron chi connectivity index (χ2n) is 10.5. The molecule has 0 unspecified atom stereocenters. The normalized spacial score (nSPS) is 11.7. The number of hydrogen-bond donors (Lipinski definition) is 1. The summed E-state index contributed by atoms with van der Waals surface area (Å²) in [7, 11) is 0. The van der Waals surface area contributed by atoms with Crippen molar-refractivity contribution >= 4 is 27.6 Å². The van der Waals surface area contributed by atoms with Crippen LogP contribution < -0.4 is 5.32 Å². The van der Waals surface area contributed by atoms with Gasteiger partial charge in [-0.25, -0.2) is 0 Å². The van der Waals surface area contributed by atoms with Crippen molar-refractivity contribution in [2.75, 3.05) is 0 Å². The molecule has 0 aliphatic heterocycles. The Kier molecular flexibility index (Phi) is 7.06. The van der Waals surface area contributed by atoms with Crippen molar-refractivity contribution in [2.45, 2.75) is 13.1 Å². The molecule has 0 atom stereocenters. The predicted octanol–water partition coefficient (Wildman–Crippen LogP) is 9.19. The standard InChI is InChI=1S/C39H31N3/c1-3-12-29(13-4-1)27-40-39(41-28-30-14-11-17-33(26-30)31-15-5-2-6-16-31)32-22-24-34(25-23-32)42-37-20-9-7-18-35(37)36-19-8-10-21-38(36)42/h1-26H,27-28H2,(H,40,41). The van der Waals surface area contributed by atoms with Crippen molar-refractivity contribution in [3.8, 4) is 16.8 Å². The minimum Gasteiger partial charge on any atom is -0.366 e. The van der Waals surface area contributed by atoms with Crippen LogP contribution in [-0.2, 0) is 13.1 Å². The molecule has 42 heavy (non-hydrogen) atoms. The number of fused-ring (bicyclic) bond motifs is 3. The molecule has 202 valence electrons. The van der Waals surface area contributed by atoms with Crippen LogP contribution in [0.4, 0.5) is 0 Å². The maximum absolute atomic E-state index is 5.11. The molecule has 0 bridgehead atoms. The van der Waals surface area contributed by atoms with E-state index in [0.717, 1.165) is 17.1 Å². The van der Waals surface area contributed by atoms with Gasteiger partial charge in [-0.2, -0.15) is 0 Å². The van der Waals surface area contributed by atoms with Crippen molar-refractivity contribution in [1.82, 2.24) is 9.88 Å². The van der Waals surface area contributed by atoms with Crippen LogP contribution in [0.15, 0.2) is 163 Å². The van der Waals surface area contributed by atoms with Crippen molar-refractivity contribution < 1.29 is 0 Å². The molecular weight excluding hydrogens is 510 g/mol. The van der Waals surface area contributed by atoms with Crippen LogP contribution >= 0.6 is 0 Å². The highest BCUT2D eigenvalue weighted by molar-refractivity contribution is 6.09. The first kappa shape index (κ1) is 25.6. The summed E-state index contributed by atoms with van der Waals surface area (Å²) < 4.78 is 2.34. The summed E-state index contributed by atoms with van der Waals surface area (Å²) in [6.45, 7) is 1.30. The molecule has 0 aliphatic carbocycles. The smallest absolute Gasteiger partial charge is 0.128 e. The van der Waals surface area contributed by atoms with Gasteiger partial charge in [-0.3, -0.25) is 4.99 Å². The fourth-order valence-corrected chi connectivity index (χ4v) is 5.65. The van der Waals surface area contributed by atoms with E-state index in [-0.39, 0.29) is 0 Å². The molecule has 1 aromatic heterocycles. The van der Waals surface area contributed by atoms with E-state index < -0.39 is 0 Å². The monoisotopic (exact) mass is 541 g/mol. The van der Waals surface area contributed by atoms with Gasteiger partial charge in [0.25, 0.3) is 0 Å². The highest BCUT2D eigenvalue weighted by atomic mass is 15.0. The van der Waals surface area contributed by atoms with Gasteiger partial charge < -0.3 is 9.88 Å². The zero-order valence-electron chi connectivity index (χ0n) is 23.3. The van der Waals surface area contributed by atoms with Crippen LogP contribution in [0.5, 0.6) is 0 Å². The van der Waals surface area contributed by atoms with E-state index in [2.05, 4.69) is 162 Å². The molecule has 7 rings (SSSR count). The third-order valence-corrected chi connectivity index (χ3v) is 7.74. The minimum absolute atomic E-state index is 0.590. The van der Waals surface area contributed by atoms with Crippen LogP contribution in [0.2, 0.25) is 0 Å². The van der Waals surface area contributed by atoms with E-state index in [0.29, 0.717) is 13.1 Å². The molecule has 0 amide bonds. The Morgan fingerprint density at radius 3 is 1.79 bits per heavy atom. The molecule has 3 nitrogen and oxygen atoms in total. The summed E-state index contributed by atoms with van der Waals surface area (Å²) in [5.74, 6) is 0.887. The molecule has 7 aromatic rings. The lowest BCUT2D eigenvalue weighted by Crippen LogP contribution is -2.24. The lowest BCUT2D eigenvalue weighted by Gasteiger charge is -2.13. The minimum atomic E-state index is 0.590. The Hall–Kier alpha value is -5.41. The zero-order chi connectivity index (χ0) is 28.1. The zero-order valence-corrected chi connectivity index (χ0v) is 23.3. The first-order chi connectivity index (χ1) is 20.8. The third-order valence-electron chi connectivity index (χ3n) is 7.74. The number of hydrogen-bond acceptors (Lipinski definition) is 1. The summed E-state index contributed by atoms with van der Waals surface area (Å²) in [6.07, 6.45) is 0. The summed E-state index contributed by atoms with van der Waals surface area (Å²) in [5.41, 5.74) is 9.44. The predicted molar refractivity (Wildman–Crippen MR) is 176 cm³/mol. The van der Waals surface area contributed by atoms with E-state index in [4.69, 9.17) is 4.99 Å².